The van der Waals surface area contributed by atoms with Crippen molar-refractivity contribution in [2.45, 2.75) is 12.5 Å². The van der Waals surface area contributed by atoms with Crippen LogP contribution in [0.3, 0.4) is 0 Å². The number of nitrogens with zero attached hydrogens (tertiary/aromatic N) is 2. The molecule has 2 nitrogen and oxygen atoms in total. The molecule has 0 bridgehead atoms. The second-order valence-electron chi connectivity index (χ2n) is 5.61. The zero-order valence-corrected chi connectivity index (χ0v) is 15.1. The lowest BCUT2D eigenvalue weighted by atomic mass is 10.0. The summed E-state index contributed by atoms with van der Waals surface area (Å²) >= 11 is 5.17. The third-order valence-corrected chi connectivity index (χ3v) is 5.53. The van der Waals surface area contributed by atoms with Crippen LogP contribution in [0.4, 0.5) is 10.1 Å². The van der Waals surface area contributed by atoms with Gasteiger partial charge in [0, 0.05) is 15.8 Å². The van der Waals surface area contributed by atoms with Gasteiger partial charge >= 0.3 is 0 Å². The van der Waals surface area contributed by atoms with Crippen molar-refractivity contribution in [2.75, 3.05) is 5.01 Å². The molecule has 0 unspecified atom stereocenters. The molecule has 2 heterocycles. The number of halogens is 2. The van der Waals surface area contributed by atoms with Crippen molar-refractivity contribution < 1.29 is 4.39 Å². The molecule has 2 aromatic carbocycles. The van der Waals surface area contributed by atoms with E-state index in [1.807, 2.05) is 29.3 Å². The molecule has 0 radical (unpaired) electrons. The van der Waals surface area contributed by atoms with E-state index in [9.17, 15) is 4.39 Å². The molecule has 0 spiro atoms. The molecule has 0 amide bonds. The third kappa shape index (κ3) is 3.01. The van der Waals surface area contributed by atoms with Gasteiger partial charge in [-0.25, -0.2) is 4.39 Å². The van der Waals surface area contributed by atoms with Gasteiger partial charge in [0.2, 0.25) is 0 Å². The van der Waals surface area contributed by atoms with Crippen molar-refractivity contribution in [3.05, 3.63) is 86.8 Å². The van der Waals surface area contributed by atoms with Crippen molar-refractivity contribution in [1.82, 2.24) is 0 Å². The largest absolute Gasteiger partial charge is 0.256 e. The zero-order chi connectivity index (χ0) is 16.5. The molecule has 120 valence electrons. The number of anilines is 1. The van der Waals surface area contributed by atoms with Crippen LogP contribution >= 0.6 is 27.3 Å². The van der Waals surface area contributed by atoms with Crippen LogP contribution in [0.1, 0.15) is 22.9 Å². The predicted octanol–water partition coefficient (Wildman–Crippen LogP) is 6.01. The van der Waals surface area contributed by atoms with E-state index in [-0.39, 0.29) is 11.9 Å². The topological polar surface area (TPSA) is 15.6 Å². The highest BCUT2D eigenvalue weighted by molar-refractivity contribution is 9.10. The van der Waals surface area contributed by atoms with Crippen molar-refractivity contribution in [1.29, 1.82) is 0 Å². The first kappa shape index (κ1) is 15.5. The molecule has 1 atom stereocenters. The molecule has 1 aliphatic heterocycles. The van der Waals surface area contributed by atoms with Gasteiger partial charge in [-0.15, -0.1) is 11.3 Å². The lowest BCUT2D eigenvalue weighted by Gasteiger charge is -2.22. The third-order valence-electron chi connectivity index (χ3n) is 4.03. The summed E-state index contributed by atoms with van der Waals surface area (Å²) in [5.41, 5.74) is 2.89. The summed E-state index contributed by atoms with van der Waals surface area (Å²) in [6.45, 7) is 0. The van der Waals surface area contributed by atoms with Crippen molar-refractivity contribution in [3.8, 4) is 0 Å². The molecule has 3 aromatic rings. The van der Waals surface area contributed by atoms with E-state index in [2.05, 4.69) is 39.5 Å². The summed E-state index contributed by atoms with van der Waals surface area (Å²) in [5, 5.41) is 8.81. The van der Waals surface area contributed by atoms with Crippen LogP contribution < -0.4 is 5.01 Å². The highest BCUT2D eigenvalue weighted by Gasteiger charge is 2.30. The number of hydrogen-bond donors (Lipinski definition) is 0. The average Bonchev–Trinajstić information content (AvgIpc) is 3.25. The number of benzene rings is 2. The Hall–Kier alpha value is -1.98. The van der Waals surface area contributed by atoms with Gasteiger partial charge in [-0.1, -0.05) is 40.2 Å². The fraction of sp³-hybridized carbons (Fsp3) is 0.105. The molecule has 1 aliphatic rings. The molecule has 5 heteroatoms. The van der Waals surface area contributed by atoms with Crippen molar-refractivity contribution in [2.24, 2.45) is 5.10 Å². The first-order valence-electron chi connectivity index (χ1n) is 7.62. The van der Waals surface area contributed by atoms with Crippen LogP contribution in [0.25, 0.3) is 0 Å². The monoisotopic (exact) mass is 400 g/mol. The Labute approximate surface area is 152 Å². The van der Waals surface area contributed by atoms with Crippen LogP contribution in [-0.2, 0) is 0 Å². The predicted molar refractivity (Wildman–Crippen MR) is 101 cm³/mol. The molecular weight excluding hydrogens is 387 g/mol. The second kappa shape index (κ2) is 6.49. The Morgan fingerprint density at radius 1 is 1.08 bits per heavy atom. The van der Waals surface area contributed by atoms with Gasteiger partial charge in [-0.3, -0.25) is 5.01 Å². The van der Waals surface area contributed by atoms with Crippen molar-refractivity contribution in [3.63, 3.8) is 0 Å². The zero-order valence-electron chi connectivity index (χ0n) is 12.7. The summed E-state index contributed by atoms with van der Waals surface area (Å²) in [7, 11) is 0. The van der Waals surface area contributed by atoms with E-state index < -0.39 is 0 Å². The maximum Gasteiger partial charge on any atom is 0.125 e. The minimum atomic E-state index is -0.246. The number of hydrogen-bond acceptors (Lipinski definition) is 3. The summed E-state index contributed by atoms with van der Waals surface area (Å²) < 4.78 is 14.7. The molecule has 0 N–H and O–H groups in total. The van der Waals surface area contributed by atoms with Gasteiger partial charge in [0.15, 0.2) is 0 Å². The SMILES string of the molecule is Fc1cccc(N2N=C(c3ccc(Br)cc3)C[C@H]2c2cccs2)c1. The molecule has 0 fully saturated rings. The van der Waals surface area contributed by atoms with Gasteiger partial charge < -0.3 is 0 Å². The van der Waals surface area contributed by atoms with E-state index in [1.54, 1.807) is 17.4 Å². The first-order valence-corrected chi connectivity index (χ1v) is 9.29. The molecule has 24 heavy (non-hydrogen) atoms. The smallest absolute Gasteiger partial charge is 0.125 e. The van der Waals surface area contributed by atoms with Crippen LogP contribution in [0.15, 0.2) is 75.6 Å². The summed E-state index contributed by atoms with van der Waals surface area (Å²) in [5.74, 6) is -0.246. The Morgan fingerprint density at radius 3 is 2.62 bits per heavy atom. The van der Waals surface area contributed by atoms with E-state index in [0.29, 0.717) is 0 Å². The van der Waals surface area contributed by atoms with Gasteiger partial charge in [0.05, 0.1) is 17.4 Å². The minimum Gasteiger partial charge on any atom is -0.256 e. The van der Waals surface area contributed by atoms with Crippen LogP contribution in [0.2, 0.25) is 0 Å². The highest BCUT2D eigenvalue weighted by Crippen LogP contribution is 2.38. The Kier molecular flexibility index (Phi) is 4.21. The van der Waals surface area contributed by atoms with E-state index in [4.69, 9.17) is 5.10 Å². The lowest BCUT2D eigenvalue weighted by Crippen LogP contribution is -2.17. The summed E-state index contributed by atoms with van der Waals surface area (Å²) in [4.78, 5) is 1.23. The van der Waals surface area contributed by atoms with Crippen molar-refractivity contribution >= 4 is 38.7 Å². The van der Waals surface area contributed by atoms with E-state index >= 15 is 0 Å². The number of hydrazone groups is 1. The fourth-order valence-corrected chi connectivity index (χ4v) is 3.96. The maximum atomic E-state index is 13.7. The average molecular weight is 401 g/mol. The Balaban J connectivity index is 1.75. The quantitative estimate of drug-likeness (QED) is 0.525. The molecule has 0 aliphatic carbocycles. The van der Waals surface area contributed by atoms with Crippen LogP contribution in [-0.4, -0.2) is 5.71 Å². The molecule has 1 aromatic heterocycles. The van der Waals surface area contributed by atoms with E-state index in [0.717, 1.165) is 27.9 Å². The normalized spacial score (nSPS) is 17.2. The highest BCUT2D eigenvalue weighted by atomic mass is 79.9. The lowest BCUT2D eigenvalue weighted by molar-refractivity contribution is 0.624. The van der Waals surface area contributed by atoms with Gasteiger partial charge in [0.25, 0.3) is 0 Å². The fourth-order valence-electron chi connectivity index (χ4n) is 2.89. The maximum absolute atomic E-state index is 13.7. The molecule has 0 saturated heterocycles. The van der Waals surface area contributed by atoms with Gasteiger partial charge in [0.1, 0.15) is 5.82 Å². The second-order valence-corrected chi connectivity index (χ2v) is 7.51. The minimum absolute atomic E-state index is 0.102. The summed E-state index contributed by atoms with van der Waals surface area (Å²) in [6.07, 6.45) is 0.804. The first-order chi connectivity index (χ1) is 11.7. The van der Waals surface area contributed by atoms with Crippen LogP contribution in [0, 0.1) is 5.82 Å². The Bertz CT molecular complexity index is 875. The number of thiophene rings is 1. The molecular formula is C19H14BrFN2S. The van der Waals surface area contributed by atoms with Gasteiger partial charge in [-0.05, 0) is 47.3 Å². The van der Waals surface area contributed by atoms with E-state index in [1.165, 1.54) is 17.0 Å². The summed E-state index contributed by atoms with van der Waals surface area (Å²) in [6, 6.07) is 19.0. The van der Waals surface area contributed by atoms with Gasteiger partial charge in [-0.2, -0.15) is 5.10 Å². The number of rotatable bonds is 3. The standard InChI is InChI=1S/C19H14BrFN2S/c20-14-8-6-13(7-9-14)17-12-18(19-5-2-10-24-19)23(22-17)16-4-1-3-15(21)11-16/h1-11,18H,12H2/t18-/m0/s1. The molecule has 0 saturated carbocycles. The van der Waals surface area contributed by atoms with Crippen LogP contribution in [0.5, 0.6) is 0 Å². The molecule has 4 rings (SSSR count). The Morgan fingerprint density at radius 2 is 1.92 bits per heavy atom.